The minimum absolute atomic E-state index is 0.200. The van der Waals surface area contributed by atoms with Crippen molar-refractivity contribution in [2.45, 2.75) is 0 Å². The molecular weight excluding hydrogens is 144 g/mol. The van der Waals surface area contributed by atoms with E-state index in [1.807, 2.05) is 19.0 Å². The average molecular weight is 160 g/mol. The second-order valence-corrected chi connectivity index (χ2v) is 2.43. The number of amides is 2. The third-order valence-electron chi connectivity index (χ3n) is 1.08. The number of carbonyl (C=O) groups is 1. The van der Waals surface area contributed by atoms with Gasteiger partial charge in [-0.3, -0.25) is 5.43 Å². The van der Waals surface area contributed by atoms with E-state index >= 15 is 0 Å². The van der Waals surface area contributed by atoms with Crippen LogP contribution >= 0.6 is 0 Å². The summed E-state index contributed by atoms with van der Waals surface area (Å²) in [4.78, 5) is 12.7. The zero-order valence-electron chi connectivity index (χ0n) is 7.27. The van der Waals surface area contributed by atoms with Crippen LogP contribution in [-0.2, 0) is 0 Å². The van der Waals surface area contributed by atoms with E-state index in [4.69, 9.17) is 0 Å². The predicted molar refractivity (Wildman–Crippen MR) is 44.1 cm³/mol. The third kappa shape index (κ3) is 7.08. The highest BCUT2D eigenvalue weighted by atomic mass is 16.2. The highest BCUT2D eigenvalue weighted by Gasteiger charge is 1.95. The van der Waals surface area contributed by atoms with Crippen molar-refractivity contribution in [3.63, 3.8) is 0 Å². The third-order valence-corrected chi connectivity index (χ3v) is 1.08. The Morgan fingerprint density at radius 2 is 2.09 bits per heavy atom. The van der Waals surface area contributed by atoms with E-state index in [1.54, 1.807) is 7.05 Å². The largest absolute Gasteiger partial charge is 0.336 e. The van der Waals surface area contributed by atoms with Crippen molar-refractivity contribution in [2.24, 2.45) is 0 Å². The summed E-state index contributed by atoms with van der Waals surface area (Å²) >= 11 is 0. The van der Waals surface area contributed by atoms with E-state index < -0.39 is 0 Å². The van der Waals surface area contributed by atoms with Gasteiger partial charge in [0.05, 0.1) is 0 Å². The van der Waals surface area contributed by atoms with Crippen LogP contribution in [0.2, 0.25) is 0 Å². The molecule has 5 nitrogen and oxygen atoms in total. The molecule has 0 aliphatic heterocycles. The summed E-state index contributed by atoms with van der Waals surface area (Å²) in [7, 11) is 5.56. The molecule has 0 aromatic rings. The second kappa shape index (κ2) is 5.94. The van der Waals surface area contributed by atoms with Crippen LogP contribution in [0.25, 0.3) is 0 Å². The van der Waals surface area contributed by atoms with Gasteiger partial charge >= 0.3 is 6.03 Å². The van der Waals surface area contributed by atoms with Crippen molar-refractivity contribution in [1.82, 2.24) is 21.1 Å². The second-order valence-electron chi connectivity index (χ2n) is 2.43. The first-order valence-electron chi connectivity index (χ1n) is 3.52. The Hall–Kier alpha value is -0.810. The molecule has 2 amide bonds. The van der Waals surface area contributed by atoms with Gasteiger partial charge < -0.3 is 10.2 Å². The Kier molecular flexibility index (Phi) is 5.50. The molecule has 0 saturated heterocycles. The number of hydrogen-bond acceptors (Lipinski definition) is 3. The van der Waals surface area contributed by atoms with Crippen molar-refractivity contribution in [2.75, 3.05) is 34.2 Å². The van der Waals surface area contributed by atoms with Crippen LogP contribution in [0, 0.1) is 0 Å². The highest BCUT2D eigenvalue weighted by molar-refractivity contribution is 5.73. The lowest BCUT2D eigenvalue weighted by atomic mass is 10.6. The molecule has 0 rings (SSSR count). The smallest absolute Gasteiger partial charge is 0.329 e. The van der Waals surface area contributed by atoms with Gasteiger partial charge in [-0.05, 0) is 14.1 Å². The summed E-state index contributed by atoms with van der Waals surface area (Å²) in [6, 6.07) is -0.200. The summed E-state index contributed by atoms with van der Waals surface area (Å²) in [5.41, 5.74) is 4.93. The van der Waals surface area contributed by atoms with Crippen LogP contribution in [0.15, 0.2) is 0 Å². The maximum Gasteiger partial charge on any atom is 0.329 e. The van der Waals surface area contributed by atoms with E-state index in [-0.39, 0.29) is 6.03 Å². The number of likely N-dealkylation sites (N-methyl/N-ethyl adjacent to an activating group) is 1. The quantitative estimate of drug-likeness (QED) is 0.461. The van der Waals surface area contributed by atoms with Crippen molar-refractivity contribution in [3.8, 4) is 0 Å². The molecule has 0 aliphatic carbocycles. The fourth-order valence-electron chi connectivity index (χ4n) is 0.551. The summed E-state index contributed by atoms with van der Waals surface area (Å²) in [5, 5.41) is 2.66. The molecule has 0 bridgehead atoms. The standard InChI is InChI=1S/C6H16N4O/c1-7-9-6(11)8-4-5-10(2)3/h7H,4-5H2,1-3H3,(H2,8,9,11). The molecule has 3 N–H and O–H groups in total. The number of nitrogens with zero attached hydrogens (tertiary/aromatic N) is 1. The molecule has 0 radical (unpaired) electrons. The first-order chi connectivity index (χ1) is 5.16. The van der Waals surface area contributed by atoms with Crippen LogP contribution in [0.1, 0.15) is 0 Å². The Bertz CT molecular complexity index is 115. The molecule has 0 heterocycles. The first-order valence-corrected chi connectivity index (χ1v) is 3.52. The van der Waals surface area contributed by atoms with E-state index in [9.17, 15) is 4.79 Å². The lowest BCUT2D eigenvalue weighted by Gasteiger charge is -2.10. The minimum atomic E-state index is -0.200. The Balaban J connectivity index is 3.17. The number of carbonyl (C=O) groups excluding carboxylic acids is 1. The van der Waals surface area contributed by atoms with Crippen LogP contribution in [0.4, 0.5) is 4.79 Å². The van der Waals surface area contributed by atoms with Gasteiger partial charge in [0.2, 0.25) is 0 Å². The van der Waals surface area contributed by atoms with E-state index in [1.165, 1.54) is 0 Å². The van der Waals surface area contributed by atoms with Crippen molar-refractivity contribution < 1.29 is 4.79 Å². The minimum Gasteiger partial charge on any atom is -0.336 e. The molecule has 0 unspecified atom stereocenters. The fraction of sp³-hybridized carbons (Fsp3) is 0.833. The van der Waals surface area contributed by atoms with Gasteiger partial charge in [0.15, 0.2) is 0 Å². The maximum absolute atomic E-state index is 10.7. The monoisotopic (exact) mass is 160 g/mol. The lowest BCUT2D eigenvalue weighted by molar-refractivity contribution is 0.236. The molecule has 0 aliphatic rings. The number of hydrazine groups is 1. The van der Waals surface area contributed by atoms with Gasteiger partial charge in [-0.25, -0.2) is 10.2 Å². The molecule has 5 heteroatoms. The Morgan fingerprint density at radius 1 is 1.45 bits per heavy atom. The average Bonchev–Trinajstić information content (AvgIpc) is 1.87. The van der Waals surface area contributed by atoms with Crippen LogP contribution < -0.4 is 16.2 Å². The van der Waals surface area contributed by atoms with Crippen LogP contribution in [0.5, 0.6) is 0 Å². The highest BCUT2D eigenvalue weighted by Crippen LogP contribution is 1.70. The van der Waals surface area contributed by atoms with Crippen molar-refractivity contribution in [3.05, 3.63) is 0 Å². The Morgan fingerprint density at radius 3 is 2.55 bits per heavy atom. The van der Waals surface area contributed by atoms with E-state index in [0.717, 1.165) is 6.54 Å². The molecule has 66 valence electrons. The predicted octanol–water partition coefficient (Wildman–Crippen LogP) is -1.02. The first kappa shape index (κ1) is 10.2. The van der Waals surface area contributed by atoms with Gasteiger partial charge in [-0.15, -0.1) is 0 Å². The summed E-state index contributed by atoms with van der Waals surface area (Å²) < 4.78 is 0. The van der Waals surface area contributed by atoms with Gasteiger partial charge in [-0.1, -0.05) is 0 Å². The molecule has 11 heavy (non-hydrogen) atoms. The van der Waals surface area contributed by atoms with Crippen molar-refractivity contribution in [1.29, 1.82) is 0 Å². The summed E-state index contributed by atoms with van der Waals surface area (Å²) in [5.74, 6) is 0. The van der Waals surface area contributed by atoms with E-state index in [0.29, 0.717) is 6.54 Å². The zero-order valence-corrected chi connectivity index (χ0v) is 7.27. The molecule has 0 spiro atoms. The molecule has 0 atom stereocenters. The molecular formula is C6H16N4O. The molecule has 0 saturated carbocycles. The molecule has 0 fully saturated rings. The SMILES string of the molecule is CNNC(=O)NCCN(C)C. The fourth-order valence-corrected chi connectivity index (χ4v) is 0.551. The number of hydrogen-bond donors (Lipinski definition) is 3. The lowest BCUT2D eigenvalue weighted by Crippen LogP contribution is -2.44. The van der Waals surface area contributed by atoms with Gasteiger partial charge in [-0.2, -0.15) is 0 Å². The number of urea groups is 1. The molecule has 0 aromatic carbocycles. The van der Waals surface area contributed by atoms with Crippen LogP contribution in [0.3, 0.4) is 0 Å². The summed E-state index contributed by atoms with van der Waals surface area (Å²) in [6.45, 7) is 1.50. The molecule has 0 aromatic heterocycles. The maximum atomic E-state index is 10.7. The normalized spacial score (nSPS) is 9.82. The van der Waals surface area contributed by atoms with Gasteiger partial charge in [0.1, 0.15) is 0 Å². The topological polar surface area (TPSA) is 56.4 Å². The Labute approximate surface area is 67.1 Å². The van der Waals surface area contributed by atoms with Gasteiger partial charge in [0.25, 0.3) is 0 Å². The summed E-state index contributed by atoms with van der Waals surface area (Å²) in [6.07, 6.45) is 0. The number of rotatable bonds is 4. The van der Waals surface area contributed by atoms with Crippen LogP contribution in [-0.4, -0.2) is 45.2 Å². The van der Waals surface area contributed by atoms with Crippen molar-refractivity contribution >= 4 is 6.03 Å². The van der Waals surface area contributed by atoms with E-state index in [2.05, 4.69) is 16.2 Å². The number of nitrogens with one attached hydrogen (secondary N) is 3. The van der Waals surface area contributed by atoms with Gasteiger partial charge in [0, 0.05) is 20.1 Å². The zero-order chi connectivity index (χ0) is 8.69.